The number of hydrogen-bond acceptors (Lipinski definition) is 6. The van der Waals surface area contributed by atoms with Gasteiger partial charge in [-0.05, 0) is 6.07 Å². The van der Waals surface area contributed by atoms with Crippen LogP contribution in [0.3, 0.4) is 0 Å². The van der Waals surface area contributed by atoms with Crippen molar-refractivity contribution in [3.8, 4) is 0 Å². The lowest BCUT2D eigenvalue weighted by Crippen LogP contribution is -2.09. The summed E-state index contributed by atoms with van der Waals surface area (Å²) in [7, 11) is 0. The fourth-order valence-corrected chi connectivity index (χ4v) is 0.769. The normalized spacial score (nSPS) is 9.07. The number of carbonyl (C=O) groups is 1. The van der Waals surface area contributed by atoms with Crippen LogP contribution in [-0.2, 0) is 25.6 Å². The van der Waals surface area contributed by atoms with Gasteiger partial charge in [-0.25, -0.2) is 9.59 Å². The molecule has 0 unspecified atom stereocenters. The summed E-state index contributed by atoms with van der Waals surface area (Å²) in [4.78, 5) is 24.2. The van der Waals surface area contributed by atoms with E-state index in [9.17, 15) is 9.59 Å². The van der Waals surface area contributed by atoms with Gasteiger partial charge in [0, 0.05) is 18.0 Å². The zero-order valence-electron chi connectivity index (χ0n) is 7.71. The second kappa shape index (κ2) is 6.36. The average Bonchev–Trinajstić information content (AvgIpc) is 2.28. The van der Waals surface area contributed by atoms with E-state index in [4.69, 9.17) is 0 Å². The van der Waals surface area contributed by atoms with Crippen molar-refractivity contribution < 1.29 is 23.8 Å². The monoisotopic (exact) mass is 210 g/mol. The van der Waals surface area contributed by atoms with Gasteiger partial charge in [0.2, 0.25) is 6.79 Å². The lowest BCUT2D eigenvalue weighted by Gasteiger charge is -2.04. The molecule has 6 heteroatoms. The van der Waals surface area contributed by atoms with Crippen LogP contribution < -0.4 is 0 Å². The smallest absolute Gasteiger partial charge is 0.429 e. The zero-order valence-corrected chi connectivity index (χ0v) is 7.71. The molecule has 0 N–H and O–H groups in total. The molecule has 0 aliphatic rings. The number of aromatic nitrogens is 1. The van der Waals surface area contributed by atoms with Crippen LogP contribution in [0, 0.1) is 0 Å². The summed E-state index contributed by atoms with van der Waals surface area (Å²) in [5, 5.41) is 0. The van der Waals surface area contributed by atoms with Crippen molar-refractivity contribution in [2.45, 2.75) is 6.61 Å². The van der Waals surface area contributed by atoms with E-state index in [1.807, 2.05) is 0 Å². The molecular weight excluding hydrogens is 202 g/mol. The van der Waals surface area contributed by atoms with Gasteiger partial charge in [0.25, 0.3) is 0 Å². The highest BCUT2D eigenvalue weighted by Crippen LogP contribution is 1.99. The molecule has 1 radical (unpaired) electrons. The van der Waals surface area contributed by atoms with Crippen molar-refractivity contribution in [3.05, 3.63) is 30.1 Å². The molecule has 0 bridgehead atoms. The summed E-state index contributed by atoms with van der Waals surface area (Å²) >= 11 is 0. The highest BCUT2D eigenvalue weighted by molar-refractivity contribution is 5.59. The fraction of sp³-hybridized carbons (Fsp3) is 0.222. The topological polar surface area (TPSA) is 74.7 Å². The predicted octanol–water partition coefficient (Wildman–Crippen LogP) is 0.776. The molecule has 0 saturated heterocycles. The Morgan fingerprint density at radius 1 is 1.47 bits per heavy atom. The third-order valence-corrected chi connectivity index (χ3v) is 1.37. The second-order valence-electron chi connectivity index (χ2n) is 2.39. The number of nitrogens with zero attached hydrogens (tertiary/aromatic N) is 1. The first-order valence-electron chi connectivity index (χ1n) is 4.00. The third-order valence-electron chi connectivity index (χ3n) is 1.37. The highest BCUT2D eigenvalue weighted by atomic mass is 16.8. The number of pyridine rings is 1. The summed E-state index contributed by atoms with van der Waals surface area (Å²) in [6, 6.07) is 3.46. The fourth-order valence-electron chi connectivity index (χ4n) is 0.769. The summed E-state index contributed by atoms with van der Waals surface area (Å²) in [6.07, 6.45) is 2.24. The van der Waals surface area contributed by atoms with Gasteiger partial charge < -0.3 is 14.2 Å². The Bertz CT molecular complexity index is 314. The first kappa shape index (κ1) is 11.0. The predicted molar refractivity (Wildman–Crippen MR) is 47.2 cm³/mol. The molecule has 0 amide bonds. The average molecular weight is 210 g/mol. The van der Waals surface area contributed by atoms with Gasteiger partial charge in [-0.15, -0.1) is 0 Å². The van der Waals surface area contributed by atoms with Crippen molar-refractivity contribution in [3.63, 3.8) is 0 Å². The summed E-state index contributed by atoms with van der Waals surface area (Å²) in [5.74, 6) is 0. The van der Waals surface area contributed by atoms with Crippen molar-refractivity contribution in [2.24, 2.45) is 0 Å². The van der Waals surface area contributed by atoms with Crippen molar-refractivity contribution in [1.29, 1.82) is 0 Å². The van der Waals surface area contributed by atoms with Crippen LogP contribution in [0.4, 0.5) is 4.79 Å². The van der Waals surface area contributed by atoms with Gasteiger partial charge in [-0.2, -0.15) is 0 Å². The summed E-state index contributed by atoms with van der Waals surface area (Å²) in [5.41, 5.74) is 0.734. The van der Waals surface area contributed by atoms with Gasteiger partial charge in [0.1, 0.15) is 6.61 Å². The van der Waals surface area contributed by atoms with Gasteiger partial charge in [-0.1, -0.05) is 6.07 Å². The molecule has 0 fully saturated rings. The van der Waals surface area contributed by atoms with E-state index in [1.165, 1.54) is 0 Å². The maximum Gasteiger partial charge on any atom is 0.511 e. The molecular formula is C9H8NO5. The number of hydrogen-bond donors (Lipinski definition) is 0. The number of ether oxygens (including phenoxy) is 3. The maximum atomic E-state index is 10.8. The van der Waals surface area contributed by atoms with E-state index < -0.39 is 12.9 Å². The van der Waals surface area contributed by atoms with E-state index >= 15 is 0 Å². The molecule has 0 aliphatic carbocycles. The highest BCUT2D eigenvalue weighted by Gasteiger charge is 2.03. The quantitative estimate of drug-likeness (QED) is 0.406. The minimum atomic E-state index is -0.922. The Labute approximate surface area is 85.8 Å². The zero-order chi connectivity index (χ0) is 10.9. The molecule has 1 rings (SSSR count). The largest absolute Gasteiger partial charge is 0.511 e. The van der Waals surface area contributed by atoms with Crippen molar-refractivity contribution in [2.75, 3.05) is 6.79 Å². The van der Waals surface area contributed by atoms with E-state index in [-0.39, 0.29) is 6.61 Å². The first-order valence-corrected chi connectivity index (χ1v) is 4.00. The van der Waals surface area contributed by atoms with Gasteiger partial charge >= 0.3 is 12.6 Å². The lowest BCUT2D eigenvalue weighted by atomic mass is 10.3. The standard InChI is InChI=1S/C9H8NO5/c11-6-13-7-15-9(12)14-5-8-2-1-3-10-4-8/h1-4H,5,7H2. The number of carbonyl (C=O) groups excluding carboxylic acids is 2. The molecule has 0 saturated carbocycles. The lowest BCUT2D eigenvalue weighted by molar-refractivity contribution is -0.00430. The molecule has 15 heavy (non-hydrogen) atoms. The minimum Gasteiger partial charge on any atom is -0.429 e. The van der Waals surface area contributed by atoms with Crippen molar-refractivity contribution in [1.82, 2.24) is 4.98 Å². The molecule has 6 nitrogen and oxygen atoms in total. The molecule has 79 valence electrons. The van der Waals surface area contributed by atoms with Crippen LogP contribution in [0.2, 0.25) is 0 Å². The van der Waals surface area contributed by atoms with Crippen molar-refractivity contribution >= 4 is 12.6 Å². The van der Waals surface area contributed by atoms with Crippen LogP contribution in [0.5, 0.6) is 0 Å². The van der Waals surface area contributed by atoms with Crippen LogP contribution in [0.15, 0.2) is 24.5 Å². The Morgan fingerprint density at radius 2 is 2.33 bits per heavy atom. The molecule has 0 atom stereocenters. The van der Waals surface area contributed by atoms with E-state index in [2.05, 4.69) is 19.2 Å². The third kappa shape index (κ3) is 4.61. The van der Waals surface area contributed by atoms with Crippen LogP contribution >= 0.6 is 0 Å². The molecule has 1 heterocycles. The van der Waals surface area contributed by atoms with Gasteiger partial charge in [0.15, 0.2) is 0 Å². The molecule has 0 aromatic carbocycles. The van der Waals surface area contributed by atoms with Crippen LogP contribution in [-0.4, -0.2) is 24.4 Å². The minimum absolute atomic E-state index is 0.0531. The van der Waals surface area contributed by atoms with E-state index in [0.717, 1.165) is 12.0 Å². The van der Waals surface area contributed by atoms with Crippen LogP contribution in [0.25, 0.3) is 0 Å². The van der Waals surface area contributed by atoms with Gasteiger partial charge in [-0.3, -0.25) is 4.98 Å². The molecule has 1 aromatic rings. The molecule has 0 spiro atoms. The Hall–Kier alpha value is -2.11. The van der Waals surface area contributed by atoms with E-state index in [1.54, 1.807) is 24.5 Å². The first-order chi connectivity index (χ1) is 7.33. The second-order valence-corrected chi connectivity index (χ2v) is 2.39. The van der Waals surface area contributed by atoms with Crippen LogP contribution in [0.1, 0.15) is 5.56 Å². The summed E-state index contributed by atoms with van der Waals surface area (Å²) < 4.78 is 13.0. The Balaban J connectivity index is 2.20. The van der Waals surface area contributed by atoms with Gasteiger partial charge in [0.05, 0.1) is 0 Å². The number of rotatable bonds is 5. The SMILES string of the molecule is O=[C]OCOC(=O)OCc1cccnc1. The maximum absolute atomic E-state index is 10.8. The van der Waals surface area contributed by atoms with E-state index in [0.29, 0.717) is 0 Å². The Morgan fingerprint density at radius 3 is 3.00 bits per heavy atom. The molecule has 1 aromatic heterocycles. The Kier molecular flexibility index (Phi) is 4.65. The molecule has 0 aliphatic heterocycles. The summed E-state index contributed by atoms with van der Waals surface area (Å²) in [6.45, 7) is 0.653.